The van der Waals surface area contributed by atoms with Gasteiger partial charge in [0.15, 0.2) is 6.29 Å². The van der Waals surface area contributed by atoms with E-state index in [0.717, 1.165) is 50.9 Å². The number of carbonyl (C=O) groups is 1. The van der Waals surface area contributed by atoms with Crippen LogP contribution in [0, 0.1) is 0 Å². The minimum absolute atomic E-state index is 0.143. The van der Waals surface area contributed by atoms with Crippen LogP contribution in [0.5, 0.6) is 0 Å². The predicted octanol–water partition coefficient (Wildman–Crippen LogP) is 3.60. The van der Waals surface area contributed by atoms with Crippen LogP contribution in [-0.2, 0) is 14.2 Å². The summed E-state index contributed by atoms with van der Waals surface area (Å²) < 4.78 is 16.2. The number of hydrogen-bond donors (Lipinski definition) is 1. The van der Waals surface area contributed by atoms with Crippen LogP contribution in [0.25, 0.3) is 0 Å². The monoisotopic (exact) mass is 321 g/mol. The summed E-state index contributed by atoms with van der Waals surface area (Å²) in [5.74, 6) is -0.321. The van der Waals surface area contributed by atoms with Gasteiger partial charge in [0, 0.05) is 18.8 Å². The Morgan fingerprint density at radius 3 is 2.78 bits per heavy atom. The number of esters is 1. The Balaban J connectivity index is 1.64. The van der Waals surface area contributed by atoms with Gasteiger partial charge in [-0.2, -0.15) is 0 Å². The molecule has 1 aliphatic rings. The summed E-state index contributed by atoms with van der Waals surface area (Å²) in [5.41, 5.74) is 1.58. The number of nitrogens with one attached hydrogen (secondary N) is 1. The Labute approximate surface area is 138 Å². The molecule has 1 N–H and O–H groups in total. The maximum Gasteiger partial charge on any atom is 0.338 e. The van der Waals surface area contributed by atoms with Crippen molar-refractivity contribution < 1.29 is 19.0 Å². The van der Waals surface area contributed by atoms with Crippen molar-refractivity contribution in [3.05, 3.63) is 29.8 Å². The topological polar surface area (TPSA) is 56.8 Å². The van der Waals surface area contributed by atoms with Crippen LogP contribution >= 0.6 is 0 Å². The first-order chi connectivity index (χ1) is 11.3. The Morgan fingerprint density at radius 2 is 2.09 bits per heavy atom. The number of ether oxygens (including phenoxy) is 3. The highest BCUT2D eigenvalue weighted by Crippen LogP contribution is 2.14. The van der Waals surface area contributed by atoms with Crippen molar-refractivity contribution in [3.8, 4) is 0 Å². The molecule has 1 saturated heterocycles. The minimum atomic E-state index is -0.321. The van der Waals surface area contributed by atoms with Crippen LogP contribution in [0.15, 0.2) is 24.3 Å². The summed E-state index contributed by atoms with van der Waals surface area (Å²) >= 11 is 0. The Hall–Kier alpha value is -1.59. The van der Waals surface area contributed by atoms with E-state index < -0.39 is 0 Å². The minimum Gasteiger partial charge on any atom is -0.460 e. The van der Waals surface area contributed by atoms with E-state index in [9.17, 15) is 4.79 Å². The fourth-order valence-corrected chi connectivity index (χ4v) is 2.37. The molecule has 1 heterocycles. The van der Waals surface area contributed by atoms with Gasteiger partial charge >= 0.3 is 5.97 Å². The summed E-state index contributed by atoms with van der Waals surface area (Å²) in [6, 6.07) is 7.36. The number of hydrogen-bond acceptors (Lipinski definition) is 5. The van der Waals surface area contributed by atoms with Crippen molar-refractivity contribution >= 4 is 11.7 Å². The maximum atomic E-state index is 11.9. The van der Waals surface area contributed by atoms with Crippen molar-refractivity contribution in [1.82, 2.24) is 0 Å². The van der Waals surface area contributed by atoms with E-state index in [1.165, 1.54) is 0 Å². The lowest BCUT2D eigenvalue weighted by Crippen LogP contribution is -2.24. The van der Waals surface area contributed by atoms with Crippen molar-refractivity contribution in [1.29, 1.82) is 0 Å². The van der Waals surface area contributed by atoms with Gasteiger partial charge in [-0.1, -0.05) is 13.3 Å². The molecule has 5 heteroatoms. The summed E-state index contributed by atoms with van der Waals surface area (Å²) in [6.07, 6.45) is 5.29. The van der Waals surface area contributed by atoms with Crippen LogP contribution in [0.3, 0.4) is 0 Å². The highest BCUT2D eigenvalue weighted by atomic mass is 16.7. The summed E-state index contributed by atoms with van der Waals surface area (Å²) in [5, 5.41) is 3.31. The molecule has 0 bridgehead atoms. The number of benzene rings is 1. The zero-order chi connectivity index (χ0) is 16.3. The Kier molecular flexibility index (Phi) is 7.90. The normalized spacial score (nSPS) is 17.7. The molecule has 0 aliphatic carbocycles. The molecule has 1 atom stereocenters. The Morgan fingerprint density at radius 1 is 1.26 bits per heavy atom. The molecule has 0 aromatic heterocycles. The average molecular weight is 321 g/mol. The Bertz CT molecular complexity index is 455. The van der Waals surface area contributed by atoms with Gasteiger partial charge in [0.2, 0.25) is 0 Å². The smallest absolute Gasteiger partial charge is 0.338 e. The lowest BCUT2D eigenvalue weighted by Gasteiger charge is -2.22. The van der Waals surface area contributed by atoms with Crippen LogP contribution in [-0.4, -0.2) is 38.6 Å². The second-order valence-corrected chi connectivity index (χ2v) is 5.66. The predicted molar refractivity (Wildman–Crippen MR) is 89.7 cm³/mol. The second-order valence-electron chi connectivity index (χ2n) is 5.66. The highest BCUT2D eigenvalue weighted by molar-refractivity contribution is 5.89. The van der Waals surface area contributed by atoms with E-state index in [2.05, 4.69) is 12.2 Å². The molecule has 1 aromatic rings. The van der Waals surface area contributed by atoms with Gasteiger partial charge in [0.1, 0.15) is 6.61 Å². The third kappa shape index (κ3) is 6.59. The zero-order valence-corrected chi connectivity index (χ0v) is 13.9. The van der Waals surface area contributed by atoms with Crippen molar-refractivity contribution in [2.45, 2.75) is 45.3 Å². The molecule has 23 heavy (non-hydrogen) atoms. The van der Waals surface area contributed by atoms with Gasteiger partial charge in [-0.15, -0.1) is 0 Å². The van der Waals surface area contributed by atoms with Gasteiger partial charge in [0.25, 0.3) is 0 Å². The number of anilines is 1. The van der Waals surface area contributed by atoms with Gasteiger partial charge in [0.05, 0.1) is 12.2 Å². The van der Waals surface area contributed by atoms with E-state index in [1.807, 2.05) is 12.1 Å². The first-order valence-corrected chi connectivity index (χ1v) is 8.54. The van der Waals surface area contributed by atoms with Gasteiger partial charge < -0.3 is 19.5 Å². The zero-order valence-electron chi connectivity index (χ0n) is 13.9. The number of carbonyl (C=O) groups excluding carboxylic acids is 1. The van der Waals surface area contributed by atoms with E-state index in [0.29, 0.717) is 12.2 Å². The summed E-state index contributed by atoms with van der Waals surface area (Å²) in [4.78, 5) is 11.9. The molecule has 0 spiro atoms. The molecule has 0 radical (unpaired) electrons. The van der Waals surface area contributed by atoms with Crippen LogP contribution in [0.2, 0.25) is 0 Å². The molecule has 1 fully saturated rings. The molecule has 1 aromatic carbocycles. The van der Waals surface area contributed by atoms with Gasteiger partial charge in [-0.05, 0) is 49.9 Å². The fourth-order valence-electron chi connectivity index (χ4n) is 2.37. The van der Waals surface area contributed by atoms with Crippen molar-refractivity contribution in [2.24, 2.45) is 0 Å². The highest BCUT2D eigenvalue weighted by Gasteiger charge is 2.14. The van der Waals surface area contributed by atoms with Crippen LogP contribution in [0.4, 0.5) is 5.69 Å². The molecule has 1 unspecified atom stereocenters. The number of rotatable bonds is 9. The second kappa shape index (κ2) is 10.2. The molecule has 0 amide bonds. The van der Waals surface area contributed by atoms with Gasteiger partial charge in [-0.3, -0.25) is 0 Å². The lowest BCUT2D eigenvalue weighted by molar-refractivity contribution is -0.166. The van der Waals surface area contributed by atoms with E-state index in [-0.39, 0.29) is 18.9 Å². The molecule has 2 rings (SSSR count). The third-order valence-electron chi connectivity index (χ3n) is 3.74. The first kappa shape index (κ1) is 17.8. The molecular formula is C18H27NO4. The molecular weight excluding hydrogens is 294 g/mol. The van der Waals surface area contributed by atoms with Crippen LogP contribution < -0.4 is 5.32 Å². The SMILES string of the molecule is CCCCNc1ccc(C(=O)OCCOC2CCCCO2)cc1. The van der Waals surface area contributed by atoms with Crippen molar-refractivity contribution in [3.63, 3.8) is 0 Å². The van der Waals surface area contributed by atoms with E-state index >= 15 is 0 Å². The quantitative estimate of drug-likeness (QED) is 0.556. The standard InChI is InChI=1S/C18H27NO4/c1-2-3-11-19-16-9-7-15(8-10-16)18(20)23-14-13-22-17-6-4-5-12-21-17/h7-10,17,19H,2-6,11-14H2,1H3. The van der Waals surface area contributed by atoms with Gasteiger partial charge in [-0.25, -0.2) is 4.79 Å². The van der Waals surface area contributed by atoms with Crippen molar-refractivity contribution in [2.75, 3.05) is 31.7 Å². The number of unbranched alkanes of at least 4 members (excludes halogenated alkanes) is 1. The van der Waals surface area contributed by atoms with Crippen LogP contribution in [0.1, 0.15) is 49.4 Å². The fraction of sp³-hybridized carbons (Fsp3) is 0.611. The third-order valence-corrected chi connectivity index (χ3v) is 3.74. The largest absolute Gasteiger partial charge is 0.460 e. The first-order valence-electron chi connectivity index (χ1n) is 8.54. The average Bonchev–Trinajstić information content (AvgIpc) is 2.60. The molecule has 0 saturated carbocycles. The summed E-state index contributed by atoms with van der Waals surface area (Å²) in [6.45, 7) is 4.47. The molecule has 5 nitrogen and oxygen atoms in total. The van der Waals surface area contributed by atoms with E-state index in [1.54, 1.807) is 12.1 Å². The lowest BCUT2D eigenvalue weighted by atomic mass is 10.2. The summed E-state index contributed by atoms with van der Waals surface area (Å²) in [7, 11) is 0. The van der Waals surface area contributed by atoms with E-state index in [4.69, 9.17) is 14.2 Å². The maximum absolute atomic E-state index is 11.9. The molecule has 1 aliphatic heterocycles. The molecule has 128 valence electrons.